The summed E-state index contributed by atoms with van der Waals surface area (Å²) in [5, 5.41) is 12.1. The van der Waals surface area contributed by atoms with E-state index in [2.05, 4.69) is 5.32 Å². The number of urea groups is 1. The molecule has 1 heterocycles. The SMILES string of the molecule is O=C(O)C1CCN(C(=O)NCC2(c3cccc(Cl)c3F)CCCC2)CC1. The van der Waals surface area contributed by atoms with Gasteiger partial charge in [-0.2, -0.15) is 0 Å². The number of carboxylic acids is 1. The highest BCUT2D eigenvalue weighted by molar-refractivity contribution is 6.30. The van der Waals surface area contributed by atoms with Crippen molar-refractivity contribution in [1.29, 1.82) is 0 Å². The lowest BCUT2D eigenvalue weighted by molar-refractivity contribution is -0.143. The highest BCUT2D eigenvalue weighted by atomic mass is 35.5. The summed E-state index contributed by atoms with van der Waals surface area (Å²) in [6.45, 7) is 1.23. The van der Waals surface area contributed by atoms with Crippen LogP contribution in [0.5, 0.6) is 0 Å². The van der Waals surface area contributed by atoms with Gasteiger partial charge in [0, 0.05) is 25.0 Å². The molecule has 2 fully saturated rings. The Kier molecular flexibility index (Phi) is 5.70. The van der Waals surface area contributed by atoms with Crippen molar-refractivity contribution in [2.75, 3.05) is 19.6 Å². The summed E-state index contributed by atoms with van der Waals surface area (Å²) < 4.78 is 14.6. The lowest BCUT2D eigenvalue weighted by atomic mass is 9.78. The molecular weight excluding hydrogens is 359 g/mol. The molecule has 0 spiro atoms. The van der Waals surface area contributed by atoms with E-state index in [1.54, 1.807) is 17.0 Å². The van der Waals surface area contributed by atoms with Crippen LogP contribution < -0.4 is 5.32 Å². The predicted octanol–water partition coefficient (Wildman–Crippen LogP) is 3.80. The van der Waals surface area contributed by atoms with Crippen LogP contribution >= 0.6 is 11.6 Å². The number of halogens is 2. The minimum Gasteiger partial charge on any atom is -0.481 e. The quantitative estimate of drug-likeness (QED) is 0.832. The molecule has 3 rings (SSSR count). The number of benzene rings is 1. The molecule has 7 heteroatoms. The van der Waals surface area contributed by atoms with Gasteiger partial charge in [-0.15, -0.1) is 0 Å². The van der Waals surface area contributed by atoms with Crippen molar-refractivity contribution < 1.29 is 19.1 Å². The summed E-state index contributed by atoms with van der Waals surface area (Å²) in [4.78, 5) is 25.2. The Morgan fingerprint density at radius 2 is 1.92 bits per heavy atom. The highest BCUT2D eigenvalue weighted by Gasteiger charge is 2.39. The van der Waals surface area contributed by atoms with Crippen LogP contribution in [0.25, 0.3) is 0 Å². The zero-order valence-corrected chi connectivity index (χ0v) is 15.4. The highest BCUT2D eigenvalue weighted by Crippen LogP contribution is 2.42. The van der Waals surface area contributed by atoms with Crippen molar-refractivity contribution >= 4 is 23.6 Å². The molecule has 0 unspecified atom stereocenters. The Bertz CT molecular complexity index is 683. The molecule has 0 bridgehead atoms. The van der Waals surface area contributed by atoms with E-state index in [0.29, 0.717) is 38.0 Å². The van der Waals surface area contributed by atoms with E-state index in [1.807, 2.05) is 0 Å². The molecular formula is C19H24ClFN2O3. The lowest BCUT2D eigenvalue weighted by Gasteiger charge is -2.34. The summed E-state index contributed by atoms with van der Waals surface area (Å²) >= 11 is 5.96. The van der Waals surface area contributed by atoms with Crippen LogP contribution in [0, 0.1) is 11.7 Å². The monoisotopic (exact) mass is 382 g/mol. The third kappa shape index (κ3) is 3.80. The number of carbonyl (C=O) groups is 2. The first-order valence-corrected chi connectivity index (χ1v) is 9.51. The molecule has 0 radical (unpaired) electrons. The van der Waals surface area contributed by atoms with E-state index in [4.69, 9.17) is 16.7 Å². The molecule has 5 nitrogen and oxygen atoms in total. The molecule has 2 N–H and O–H groups in total. The normalized spacial score (nSPS) is 20.2. The van der Waals surface area contributed by atoms with Gasteiger partial charge in [-0.3, -0.25) is 4.79 Å². The Morgan fingerprint density at radius 1 is 1.27 bits per heavy atom. The Morgan fingerprint density at radius 3 is 2.54 bits per heavy atom. The van der Waals surface area contributed by atoms with Crippen molar-refractivity contribution in [1.82, 2.24) is 10.2 Å². The van der Waals surface area contributed by atoms with Gasteiger partial charge in [0.05, 0.1) is 10.9 Å². The second kappa shape index (κ2) is 7.82. The maximum absolute atomic E-state index is 14.6. The minimum atomic E-state index is -0.800. The van der Waals surface area contributed by atoms with Gasteiger partial charge in [-0.25, -0.2) is 9.18 Å². The topological polar surface area (TPSA) is 69.6 Å². The number of amides is 2. The summed E-state index contributed by atoms with van der Waals surface area (Å²) in [6, 6.07) is 4.84. The van der Waals surface area contributed by atoms with Crippen LogP contribution in [0.3, 0.4) is 0 Å². The van der Waals surface area contributed by atoms with Crippen molar-refractivity contribution in [3.63, 3.8) is 0 Å². The second-order valence-corrected chi connectivity index (χ2v) is 7.75. The predicted molar refractivity (Wildman–Crippen MR) is 96.9 cm³/mol. The number of carbonyl (C=O) groups excluding carboxylic acids is 1. The number of nitrogens with zero attached hydrogens (tertiary/aromatic N) is 1. The van der Waals surface area contributed by atoms with Crippen LogP contribution in [0.1, 0.15) is 44.1 Å². The third-order valence-corrected chi connectivity index (χ3v) is 6.08. The maximum Gasteiger partial charge on any atom is 0.317 e. The molecule has 1 aromatic carbocycles. The third-order valence-electron chi connectivity index (χ3n) is 5.79. The molecule has 26 heavy (non-hydrogen) atoms. The first-order chi connectivity index (χ1) is 12.4. The number of aliphatic carboxylic acids is 1. The zero-order chi connectivity index (χ0) is 18.7. The van der Waals surface area contributed by atoms with Crippen molar-refractivity contribution in [2.24, 2.45) is 5.92 Å². The van der Waals surface area contributed by atoms with E-state index in [0.717, 1.165) is 25.7 Å². The maximum atomic E-state index is 14.6. The standard InChI is InChI=1S/C19H24ClFN2O3/c20-15-5-3-4-14(16(15)21)19(8-1-2-9-19)12-22-18(26)23-10-6-13(7-11-23)17(24)25/h3-5,13H,1-2,6-12H2,(H,22,26)(H,24,25). The number of hydrogen-bond donors (Lipinski definition) is 2. The minimum absolute atomic E-state index is 0.107. The van der Waals surface area contributed by atoms with Crippen LogP contribution in [-0.2, 0) is 10.2 Å². The smallest absolute Gasteiger partial charge is 0.317 e. The molecule has 2 amide bonds. The van der Waals surface area contributed by atoms with E-state index in [1.165, 1.54) is 6.07 Å². The molecule has 1 aliphatic carbocycles. The van der Waals surface area contributed by atoms with Gasteiger partial charge >= 0.3 is 12.0 Å². The molecule has 1 saturated heterocycles. The van der Waals surface area contributed by atoms with E-state index >= 15 is 0 Å². The van der Waals surface area contributed by atoms with Crippen molar-refractivity contribution in [3.05, 3.63) is 34.6 Å². The zero-order valence-electron chi connectivity index (χ0n) is 14.6. The summed E-state index contributed by atoms with van der Waals surface area (Å²) in [7, 11) is 0. The van der Waals surface area contributed by atoms with Gasteiger partial charge in [0.15, 0.2) is 0 Å². The van der Waals surface area contributed by atoms with Gasteiger partial charge in [-0.05, 0) is 37.3 Å². The fraction of sp³-hybridized carbons (Fsp3) is 0.579. The van der Waals surface area contributed by atoms with Crippen LogP contribution in [-0.4, -0.2) is 41.6 Å². The summed E-state index contributed by atoms with van der Waals surface area (Å²) in [5.74, 6) is -1.57. The fourth-order valence-corrected chi connectivity index (χ4v) is 4.37. The van der Waals surface area contributed by atoms with Gasteiger partial charge in [0.1, 0.15) is 5.82 Å². The number of nitrogens with one attached hydrogen (secondary N) is 1. The van der Waals surface area contributed by atoms with E-state index in [-0.39, 0.29) is 17.0 Å². The Balaban J connectivity index is 1.65. The van der Waals surface area contributed by atoms with Gasteiger partial charge < -0.3 is 15.3 Å². The number of piperidine rings is 1. The first-order valence-electron chi connectivity index (χ1n) is 9.13. The molecule has 0 aromatic heterocycles. The molecule has 2 aliphatic rings. The average Bonchev–Trinajstić information content (AvgIpc) is 3.12. The van der Waals surface area contributed by atoms with Gasteiger partial charge in [0.2, 0.25) is 0 Å². The Hall–Kier alpha value is -1.82. The number of hydrogen-bond acceptors (Lipinski definition) is 2. The van der Waals surface area contributed by atoms with Gasteiger partial charge in [-0.1, -0.05) is 36.6 Å². The van der Waals surface area contributed by atoms with Crippen LogP contribution in [0.15, 0.2) is 18.2 Å². The molecule has 1 aromatic rings. The number of carboxylic acid groups (broad SMARTS) is 1. The first kappa shape index (κ1) is 19.0. The average molecular weight is 383 g/mol. The van der Waals surface area contributed by atoms with E-state index in [9.17, 15) is 14.0 Å². The number of rotatable bonds is 4. The van der Waals surface area contributed by atoms with Crippen LogP contribution in [0.4, 0.5) is 9.18 Å². The van der Waals surface area contributed by atoms with Crippen molar-refractivity contribution in [3.8, 4) is 0 Å². The van der Waals surface area contributed by atoms with Gasteiger partial charge in [0.25, 0.3) is 0 Å². The van der Waals surface area contributed by atoms with E-state index < -0.39 is 17.2 Å². The summed E-state index contributed by atoms with van der Waals surface area (Å²) in [5.41, 5.74) is 0.150. The van der Waals surface area contributed by atoms with Crippen molar-refractivity contribution in [2.45, 2.75) is 43.9 Å². The second-order valence-electron chi connectivity index (χ2n) is 7.35. The lowest BCUT2D eigenvalue weighted by Crippen LogP contribution is -2.49. The molecule has 0 atom stereocenters. The number of likely N-dealkylation sites (tertiary alicyclic amines) is 1. The molecule has 1 aliphatic heterocycles. The Labute approximate surface area is 157 Å². The van der Waals surface area contributed by atoms with Crippen LogP contribution in [0.2, 0.25) is 5.02 Å². The summed E-state index contributed by atoms with van der Waals surface area (Å²) in [6.07, 6.45) is 4.54. The molecule has 142 valence electrons. The largest absolute Gasteiger partial charge is 0.481 e. The fourth-order valence-electron chi connectivity index (χ4n) is 4.19. The molecule has 1 saturated carbocycles.